The summed E-state index contributed by atoms with van der Waals surface area (Å²) in [5.41, 5.74) is 2.02. The summed E-state index contributed by atoms with van der Waals surface area (Å²) in [6, 6.07) is 10.3. The normalized spacial score (nSPS) is 16.4. The zero-order valence-corrected chi connectivity index (χ0v) is 14.8. The van der Waals surface area contributed by atoms with Crippen LogP contribution in [0.2, 0.25) is 0 Å². The van der Waals surface area contributed by atoms with Crippen LogP contribution in [-0.4, -0.2) is 51.7 Å². The van der Waals surface area contributed by atoms with Crippen LogP contribution in [0.4, 0.5) is 0 Å². The molecule has 0 N–H and O–H groups in total. The molecule has 128 valence electrons. The van der Waals surface area contributed by atoms with Gasteiger partial charge in [0.05, 0.1) is 12.9 Å². The molecule has 1 amide bonds. The van der Waals surface area contributed by atoms with Crippen molar-refractivity contribution in [2.24, 2.45) is 5.41 Å². The van der Waals surface area contributed by atoms with E-state index in [0.29, 0.717) is 0 Å². The Balaban J connectivity index is 1.56. The van der Waals surface area contributed by atoms with Crippen molar-refractivity contribution in [2.45, 2.75) is 27.4 Å². The summed E-state index contributed by atoms with van der Waals surface area (Å²) in [6.07, 6.45) is 4.00. The monoisotopic (exact) mass is 326 g/mol. The van der Waals surface area contributed by atoms with E-state index in [-0.39, 0.29) is 11.3 Å². The summed E-state index contributed by atoms with van der Waals surface area (Å²) in [6.45, 7) is 10.1. The predicted molar refractivity (Wildman–Crippen MR) is 95.3 cm³/mol. The zero-order chi connectivity index (χ0) is 17.2. The van der Waals surface area contributed by atoms with E-state index in [0.717, 1.165) is 38.4 Å². The Bertz CT molecular complexity index is 679. The number of hydrogen-bond donors (Lipinski definition) is 0. The second-order valence-corrected chi connectivity index (χ2v) is 7.44. The predicted octanol–water partition coefficient (Wildman–Crippen LogP) is 2.70. The van der Waals surface area contributed by atoms with Gasteiger partial charge >= 0.3 is 0 Å². The first-order valence-corrected chi connectivity index (χ1v) is 8.53. The Morgan fingerprint density at radius 2 is 1.71 bits per heavy atom. The maximum Gasteiger partial charge on any atom is 0.228 e. The van der Waals surface area contributed by atoms with E-state index in [1.165, 1.54) is 5.56 Å². The second kappa shape index (κ2) is 6.77. The molecule has 1 saturated heterocycles. The molecule has 5 nitrogen and oxygen atoms in total. The van der Waals surface area contributed by atoms with E-state index in [2.05, 4.69) is 28.3 Å². The summed E-state index contributed by atoms with van der Waals surface area (Å²) in [5, 5.41) is 4.47. The first-order chi connectivity index (χ1) is 11.4. The molecule has 0 radical (unpaired) electrons. The highest BCUT2D eigenvalue weighted by atomic mass is 16.2. The van der Waals surface area contributed by atoms with Crippen molar-refractivity contribution in [3.8, 4) is 11.1 Å². The number of nitrogens with zero attached hydrogens (tertiary/aromatic N) is 4. The first kappa shape index (κ1) is 16.7. The third-order valence-corrected chi connectivity index (χ3v) is 4.39. The number of carbonyl (C=O) groups excluding carboxylic acids is 1. The molecule has 2 heterocycles. The molecule has 0 bridgehead atoms. The van der Waals surface area contributed by atoms with Crippen molar-refractivity contribution in [2.75, 3.05) is 26.2 Å². The third kappa shape index (κ3) is 3.85. The van der Waals surface area contributed by atoms with Gasteiger partial charge in [0.15, 0.2) is 0 Å². The molecule has 24 heavy (non-hydrogen) atoms. The molecule has 0 aliphatic carbocycles. The lowest BCUT2D eigenvalue weighted by Gasteiger charge is -2.37. The van der Waals surface area contributed by atoms with E-state index in [1.807, 2.05) is 54.7 Å². The molecule has 1 aromatic heterocycles. The quantitative estimate of drug-likeness (QED) is 0.871. The van der Waals surface area contributed by atoms with Gasteiger partial charge in [0.2, 0.25) is 5.91 Å². The van der Waals surface area contributed by atoms with Gasteiger partial charge in [-0.25, -0.2) is 0 Å². The highest BCUT2D eigenvalue weighted by Crippen LogP contribution is 2.20. The number of piperazine rings is 1. The number of benzene rings is 1. The molecule has 5 heteroatoms. The van der Waals surface area contributed by atoms with Gasteiger partial charge in [0.25, 0.3) is 0 Å². The van der Waals surface area contributed by atoms with Crippen molar-refractivity contribution >= 4 is 5.91 Å². The topological polar surface area (TPSA) is 41.4 Å². The van der Waals surface area contributed by atoms with Crippen LogP contribution in [-0.2, 0) is 11.5 Å². The average Bonchev–Trinajstić information content (AvgIpc) is 3.03. The Kier molecular flexibility index (Phi) is 4.71. The molecule has 2 aromatic rings. The van der Waals surface area contributed by atoms with Crippen LogP contribution in [0.3, 0.4) is 0 Å². The summed E-state index contributed by atoms with van der Waals surface area (Å²) in [7, 11) is 0. The summed E-state index contributed by atoms with van der Waals surface area (Å²) >= 11 is 0. The lowest BCUT2D eigenvalue weighted by Crippen LogP contribution is -2.51. The van der Waals surface area contributed by atoms with Crippen LogP contribution < -0.4 is 0 Å². The van der Waals surface area contributed by atoms with E-state index in [4.69, 9.17) is 0 Å². The molecular formula is C19H26N4O. The van der Waals surface area contributed by atoms with Crippen LogP contribution in [0.15, 0.2) is 42.7 Å². The molecular weight excluding hydrogens is 300 g/mol. The van der Waals surface area contributed by atoms with E-state index < -0.39 is 0 Å². The van der Waals surface area contributed by atoms with Crippen molar-refractivity contribution < 1.29 is 4.79 Å². The van der Waals surface area contributed by atoms with Gasteiger partial charge in [0.1, 0.15) is 0 Å². The van der Waals surface area contributed by atoms with Crippen LogP contribution in [0.1, 0.15) is 20.8 Å². The molecule has 1 aliphatic heterocycles. The Labute approximate surface area is 143 Å². The molecule has 0 atom stereocenters. The Morgan fingerprint density at radius 3 is 2.33 bits per heavy atom. The standard InChI is InChI=1S/C19H26N4O/c1-19(2,3)18(24)22-11-9-21(10-12-22)15-23-14-17(13-20-23)16-7-5-4-6-8-16/h4-8,13-14H,9-12,15H2,1-3H3. The van der Waals surface area contributed by atoms with Crippen molar-refractivity contribution in [3.63, 3.8) is 0 Å². The molecule has 3 rings (SSSR count). The number of amides is 1. The zero-order valence-electron chi connectivity index (χ0n) is 14.8. The lowest BCUT2D eigenvalue weighted by molar-refractivity contribution is -0.141. The fraction of sp³-hybridized carbons (Fsp3) is 0.474. The lowest BCUT2D eigenvalue weighted by atomic mass is 9.94. The highest BCUT2D eigenvalue weighted by molar-refractivity contribution is 5.81. The minimum atomic E-state index is -0.297. The third-order valence-electron chi connectivity index (χ3n) is 4.39. The smallest absolute Gasteiger partial charge is 0.228 e. The maximum atomic E-state index is 12.3. The molecule has 1 aliphatic rings. The SMILES string of the molecule is CC(C)(C)C(=O)N1CCN(Cn2cc(-c3ccccc3)cn2)CC1. The minimum Gasteiger partial charge on any atom is -0.340 e. The first-order valence-electron chi connectivity index (χ1n) is 8.53. The Hall–Kier alpha value is -2.14. The molecule has 1 fully saturated rings. The van der Waals surface area contributed by atoms with Gasteiger partial charge in [-0.15, -0.1) is 0 Å². The van der Waals surface area contributed by atoms with E-state index >= 15 is 0 Å². The highest BCUT2D eigenvalue weighted by Gasteiger charge is 2.29. The second-order valence-electron chi connectivity index (χ2n) is 7.44. The largest absolute Gasteiger partial charge is 0.340 e. The van der Waals surface area contributed by atoms with Gasteiger partial charge in [-0.05, 0) is 5.56 Å². The summed E-state index contributed by atoms with van der Waals surface area (Å²) < 4.78 is 1.98. The van der Waals surface area contributed by atoms with Crippen LogP contribution in [0.5, 0.6) is 0 Å². The van der Waals surface area contributed by atoms with Crippen molar-refractivity contribution in [3.05, 3.63) is 42.7 Å². The summed E-state index contributed by atoms with van der Waals surface area (Å²) in [5.74, 6) is 0.243. The number of aromatic nitrogens is 2. The van der Waals surface area contributed by atoms with Crippen molar-refractivity contribution in [1.29, 1.82) is 0 Å². The number of carbonyl (C=O) groups is 1. The molecule has 1 aromatic carbocycles. The van der Waals surface area contributed by atoms with Crippen LogP contribution in [0, 0.1) is 5.41 Å². The van der Waals surface area contributed by atoms with Gasteiger partial charge in [-0.1, -0.05) is 51.1 Å². The Morgan fingerprint density at radius 1 is 1.04 bits per heavy atom. The van der Waals surface area contributed by atoms with E-state index in [9.17, 15) is 4.79 Å². The number of hydrogen-bond acceptors (Lipinski definition) is 3. The molecule has 0 unspecified atom stereocenters. The minimum absolute atomic E-state index is 0.243. The molecule has 0 spiro atoms. The van der Waals surface area contributed by atoms with Gasteiger partial charge in [0, 0.05) is 43.4 Å². The van der Waals surface area contributed by atoms with Gasteiger partial charge in [-0.3, -0.25) is 14.4 Å². The number of rotatable bonds is 3. The van der Waals surface area contributed by atoms with Gasteiger partial charge in [-0.2, -0.15) is 5.10 Å². The van der Waals surface area contributed by atoms with Gasteiger partial charge < -0.3 is 4.90 Å². The molecule has 0 saturated carbocycles. The summed E-state index contributed by atoms with van der Waals surface area (Å²) in [4.78, 5) is 16.7. The average molecular weight is 326 g/mol. The van der Waals surface area contributed by atoms with Crippen LogP contribution in [0.25, 0.3) is 11.1 Å². The maximum absolute atomic E-state index is 12.3. The fourth-order valence-electron chi connectivity index (χ4n) is 2.99. The van der Waals surface area contributed by atoms with Crippen LogP contribution >= 0.6 is 0 Å². The van der Waals surface area contributed by atoms with Crippen molar-refractivity contribution in [1.82, 2.24) is 19.6 Å². The fourth-order valence-corrected chi connectivity index (χ4v) is 2.99. The van der Waals surface area contributed by atoms with E-state index in [1.54, 1.807) is 0 Å².